The van der Waals surface area contributed by atoms with Crippen molar-refractivity contribution >= 4 is 5.69 Å². The van der Waals surface area contributed by atoms with Crippen molar-refractivity contribution < 1.29 is 0 Å². The van der Waals surface area contributed by atoms with Crippen LogP contribution in [0.1, 0.15) is 96.8 Å². The number of nitrogens with one attached hydrogen (secondary N) is 1. The lowest BCUT2D eigenvalue weighted by atomic mass is 10.1. The van der Waals surface area contributed by atoms with Crippen LogP contribution in [-0.2, 0) is 0 Å². The summed E-state index contributed by atoms with van der Waals surface area (Å²) in [6.07, 6.45) is 27.6. The Bertz CT molecular complexity index is 400. The summed E-state index contributed by atoms with van der Waals surface area (Å²) in [6, 6.07) is 4.05. The van der Waals surface area contributed by atoms with Gasteiger partial charge in [-0.25, -0.2) is 0 Å². The molecule has 2 heteroatoms. The minimum absolute atomic E-state index is 1.06. The zero-order chi connectivity index (χ0) is 17.8. The van der Waals surface area contributed by atoms with E-state index >= 15 is 0 Å². The number of hydrogen-bond donors (Lipinski definition) is 1. The topological polar surface area (TPSA) is 24.9 Å². The number of rotatable bonds is 17. The minimum Gasteiger partial charge on any atom is -0.384 e. The third-order valence-corrected chi connectivity index (χ3v) is 4.68. The normalized spacial score (nSPS) is 11.2. The predicted molar refractivity (Wildman–Crippen MR) is 112 cm³/mol. The fourth-order valence-corrected chi connectivity index (χ4v) is 3.07. The highest BCUT2D eigenvalue weighted by Crippen LogP contribution is 2.10. The average molecular weight is 345 g/mol. The summed E-state index contributed by atoms with van der Waals surface area (Å²) in [6.45, 7) is 3.34. The maximum atomic E-state index is 4.11. The SMILES string of the molecule is CCCCCCCC/C=C\CCCCCCCCNc1cccnc1. The molecule has 0 fully saturated rings. The van der Waals surface area contributed by atoms with Gasteiger partial charge in [-0.05, 0) is 44.2 Å². The van der Waals surface area contributed by atoms with Crippen LogP contribution in [0.2, 0.25) is 0 Å². The van der Waals surface area contributed by atoms with E-state index in [1.165, 1.54) is 89.9 Å². The Morgan fingerprint density at radius 3 is 2.00 bits per heavy atom. The maximum Gasteiger partial charge on any atom is 0.0526 e. The molecular formula is C23H40N2. The molecule has 0 amide bonds. The van der Waals surface area contributed by atoms with Crippen molar-refractivity contribution in [1.29, 1.82) is 0 Å². The molecule has 0 aliphatic rings. The second kappa shape index (κ2) is 17.5. The van der Waals surface area contributed by atoms with Gasteiger partial charge in [0.25, 0.3) is 0 Å². The summed E-state index contributed by atoms with van der Waals surface area (Å²) in [5.74, 6) is 0. The van der Waals surface area contributed by atoms with Crippen molar-refractivity contribution in [2.75, 3.05) is 11.9 Å². The van der Waals surface area contributed by atoms with E-state index < -0.39 is 0 Å². The first-order valence-corrected chi connectivity index (χ1v) is 10.7. The second-order valence-corrected chi connectivity index (χ2v) is 7.11. The summed E-state index contributed by atoms with van der Waals surface area (Å²) in [5, 5.41) is 3.42. The van der Waals surface area contributed by atoms with Crippen molar-refractivity contribution in [3.8, 4) is 0 Å². The van der Waals surface area contributed by atoms with Crippen molar-refractivity contribution in [2.45, 2.75) is 96.8 Å². The predicted octanol–water partition coefficient (Wildman–Crippen LogP) is 7.53. The number of hydrogen-bond acceptors (Lipinski definition) is 2. The molecule has 0 spiro atoms. The van der Waals surface area contributed by atoms with Crippen LogP contribution in [0.3, 0.4) is 0 Å². The lowest BCUT2D eigenvalue weighted by molar-refractivity contribution is 0.602. The highest BCUT2D eigenvalue weighted by atomic mass is 14.9. The van der Waals surface area contributed by atoms with Crippen molar-refractivity contribution in [3.63, 3.8) is 0 Å². The van der Waals surface area contributed by atoms with E-state index in [1.807, 2.05) is 18.5 Å². The summed E-state index contributed by atoms with van der Waals surface area (Å²) < 4.78 is 0. The zero-order valence-corrected chi connectivity index (χ0v) is 16.5. The molecule has 25 heavy (non-hydrogen) atoms. The largest absolute Gasteiger partial charge is 0.384 e. The number of allylic oxidation sites excluding steroid dienone is 2. The van der Waals surface area contributed by atoms with Gasteiger partial charge in [-0.2, -0.15) is 0 Å². The molecule has 0 saturated heterocycles. The molecule has 0 aliphatic heterocycles. The van der Waals surface area contributed by atoms with Crippen LogP contribution in [0.15, 0.2) is 36.7 Å². The first kappa shape index (κ1) is 21.7. The van der Waals surface area contributed by atoms with Crippen LogP contribution in [0.5, 0.6) is 0 Å². The fraction of sp³-hybridized carbons (Fsp3) is 0.696. The Kier molecular flexibility index (Phi) is 15.2. The van der Waals surface area contributed by atoms with E-state index in [4.69, 9.17) is 0 Å². The van der Waals surface area contributed by atoms with Gasteiger partial charge in [0.2, 0.25) is 0 Å². The Balaban J connectivity index is 1.75. The molecule has 0 bridgehead atoms. The smallest absolute Gasteiger partial charge is 0.0526 e. The quantitative estimate of drug-likeness (QED) is 0.233. The molecule has 1 N–H and O–H groups in total. The zero-order valence-electron chi connectivity index (χ0n) is 16.5. The molecule has 1 aromatic rings. The molecule has 1 aromatic heterocycles. The molecule has 0 aromatic carbocycles. The van der Waals surface area contributed by atoms with Crippen LogP contribution < -0.4 is 5.32 Å². The summed E-state index contributed by atoms with van der Waals surface area (Å²) in [5.41, 5.74) is 1.13. The number of pyridine rings is 1. The van der Waals surface area contributed by atoms with Gasteiger partial charge in [0.1, 0.15) is 0 Å². The van der Waals surface area contributed by atoms with Gasteiger partial charge in [-0.3, -0.25) is 4.98 Å². The molecule has 1 heterocycles. The fourth-order valence-electron chi connectivity index (χ4n) is 3.07. The van der Waals surface area contributed by atoms with Gasteiger partial charge in [-0.15, -0.1) is 0 Å². The number of nitrogens with zero attached hydrogens (tertiary/aromatic N) is 1. The Morgan fingerprint density at radius 1 is 0.800 bits per heavy atom. The highest BCUT2D eigenvalue weighted by Gasteiger charge is 1.93. The third-order valence-electron chi connectivity index (χ3n) is 4.68. The second-order valence-electron chi connectivity index (χ2n) is 7.11. The van der Waals surface area contributed by atoms with Crippen molar-refractivity contribution in [2.24, 2.45) is 0 Å². The number of unbranched alkanes of at least 4 members (excludes halogenated alkanes) is 12. The van der Waals surface area contributed by atoms with Crippen molar-refractivity contribution in [1.82, 2.24) is 4.98 Å². The molecule has 0 saturated carbocycles. The van der Waals surface area contributed by atoms with Gasteiger partial charge >= 0.3 is 0 Å². The Labute approximate surface area is 156 Å². The highest BCUT2D eigenvalue weighted by molar-refractivity contribution is 5.39. The summed E-state index contributed by atoms with van der Waals surface area (Å²) in [4.78, 5) is 4.11. The van der Waals surface area contributed by atoms with E-state index in [2.05, 4.69) is 35.4 Å². The Hall–Kier alpha value is -1.31. The van der Waals surface area contributed by atoms with Crippen LogP contribution >= 0.6 is 0 Å². The summed E-state index contributed by atoms with van der Waals surface area (Å²) in [7, 11) is 0. The van der Waals surface area contributed by atoms with Crippen LogP contribution in [0, 0.1) is 0 Å². The molecule has 142 valence electrons. The van der Waals surface area contributed by atoms with Crippen molar-refractivity contribution in [3.05, 3.63) is 36.7 Å². The third kappa shape index (κ3) is 14.7. The molecule has 0 aliphatic carbocycles. The van der Waals surface area contributed by atoms with E-state index in [9.17, 15) is 0 Å². The average Bonchev–Trinajstić information content (AvgIpc) is 2.65. The monoisotopic (exact) mass is 344 g/mol. The first-order chi connectivity index (χ1) is 12.4. The standard InChI is InChI=1S/C23H40N2/c1-2-3-4-5-6-7-8-9-10-11-12-13-14-15-16-17-21-25-23-19-18-20-24-22-23/h9-10,18-20,22,25H,2-8,11-17,21H2,1H3/b10-9-. The van der Waals surface area contributed by atoms with Gasteiger partial charge in [0.15, 0.2) is 0 Å². The van der Waals surface area contributed by atoms with Gasteiger partial charge in [0.05, 0.1) is 5.69 Å². The minimum atomic E-state index is 1.06. The summed E-state index contributed by atoms with van der Waals surface area (Å²) >= 11 is 0. The van der Waals surface area contributed by atoms with E-state index in [0.717, 1.165) is 12.2 Å². The lowest BCUT2D eigenvalue weighted by Gasteiger charge is -2.05. The number of aromatic nitrogens is 1. The molecule has 2 nitrogen and oxygen atoms in total. The molecule has 0 unspecified atom stereocenters. The van der Waals surface area contributed by atoms with E-state index in [0.29, 0.717) is 0 Å². The molecule has 0 radical (unpaired) electrons. The molecule has 1 rings (SSSR count). The molecular weight excluding hydrogens is 304 g/mol. The van der Waals surface area contributed by atoms with Crippen LogP contribution in [0.4, 0.5) is 5.69 Å². The lowest BCUT2D eigenvalue weighted by Crippen LogP contribution is -2.01. The molecule has 0 atom stereocenters. The van der Waals surface area contributed by atoms with Gasteiger partial charge < -0.3 is 5.32 Å². The maximum absolute atomic E-state index is 4.11. The van der Waals surface area contributed by atoms with E-state index in [1.54, 1.807) is 0 Å². The number of anilines is 1. The first-order valence-electron chi connectivity index (χ1n) is 10.7. The van der Waals surface area contributed by atoms with Gasteiger partial charge in [0, 0.05) is 18.9 Å². The van der Waals surface area contributed by atoms with Gasteiger partial charge in [-0.1, -0.05) is 76.9 Å². The van der Waals surface area contributed by atoms with Crippen LogP contribution in [-0.4, -0.2) is 11.5 Å². The Morgan fingerprint density at radius 2 is 1.40 bits per heavy atom. The van der Waals surface area contributed by atoms with E-state index in [-0.39, 0.29) is 0 Å². The van der Waals surface area contributed by atoms with Crippen LogP contribution in [0.25, 0.3) is 0 Å².